The van der Waals surface area contributed by atoms with Crippen molar-refractivity contribution in [3.63, 3.8) is 0 Å². The Balaban J connectivity index is 1.50. The van der Waals surface area contributed by atoms with Gasteiger partial charge in [0.25, 0.3) is 0 Å². The number of nitrogens with zero attached hydrogens (tertiary/aromatic N) is 3. The monoisotopic (exact) mass is 432 g/mol. The Morgan fingerprint density at radius 3 is 2.90 bits per heavy atom. The zero-order valence-electron chi connectivity index (χ0n) is 16.1. The number of aromatic nitrogens is 2. The van der Waals surface area contributed by atoms with Gasteiger partial charge >= 0.3 is 0 Å². The van der Waals surface area contributed by atoms with Crippen molar-refractivity contribution in [3.8, 4) is 11.5 Å². The average Bonchev–Trinajstić information content (AvgIpc) is 3.18. The number of piperidine rings is 1. The Morgan fingerprint density at radius 1 is 1.31 bits per heavy atom. The molecule has 1 N–H and O–H groups in total. The standard InChI is InChI=1S/C20H21ClN4O3S/c1-27-16-10-17(28-2)15(9-13(16)21)23-18(26)12-5-4-8-25(11-12)20-24-14-6-3-7-22-19(14)29-20/h3,6-7,9-10,12H,4-5,8,11H2,1-2H3,(H,23,26)/t12-/m0/s1. The lowest BCUT2D eigenvalue weighted by Gasteiger charge is -2.31. The van der Waals surface area contributed by atoms with Gasteiger partial charge in [-0.05, 0) is 31.0 Å². The van der Waals surface area contributed by atoms with Gasteiger partial charge in [-0.3, -0.25) is 4.79 Å². The number of halogens is 1. The zero-order chi connectivity index (χ0) is 20.4. The highest BCUT2D eigenvalue weighted by atomic mass is 35.5. The summed E-state index contributed by atoms with van der Waals surface area (Å²) >= 11 is 7.77. The summed E-state index contributed by atoms with van der Waals surface area (Å²) in [6, 6.07) is 7.15. The van der Waals surface area contributed by atoms with Crippen LogP contribution in [0, 0.1) is 5.92 Å². The highest BCUT2D eigenvalue weighted by Crippen LogP contribution is 2.37. The molecule has 0 bridgehead atoms. The van der Waals surface area contributed by atoms with Crippen molar-refractivity contribution >= 4 is 50.0 Å². The van der Waals surface area contributed by atoms with Crippen molar-refractivity contribution < 1.29 is 14.3 Å². The largest absolute Gasteiger partial charge is 0.495 e. The molecular formula is C20H21ClN4O3S. The van der Waals surface area contributed by atoms with Crippen LogP contribution in [0.4, 0.5) is 10.8 Å². The van der Waals surface area contributed by atoms with E-state index in [1.165, 1.54) is 7.11 Å². The van der Waals surface area contributed by atoms with Crippen LogP contribution < -0.4 is 19.7 Å². The molecule has 0 aliphatic carbocycles. The summed E-state index contributed by atoms with van der Waals surface area (Å²) in [4.78, 5) is 25.1. The zero-order valence-corrected chi connectivity index (χ0v) is 17.7. The fourth-order valence-electron chi connectivity index (χ4n) is 3.45. The molecule has 1 aromatic carbocycles. The smallest absolute Gasteiger partial charge is 0.229 e. The van der Waals surface area contributed by atoms with E-state index in [0.29, 0.717) is 28.8 Å². The molecule has 9 heteroatoms. The summed E-state index contributed by atoms with van der Waals surface area (Å²) in [6.07, 6.45) is 3.50. The number of thiazole rings is 1. The number of fused-ring (bicyclic) bond motifs is 1. The first-order valence-corrected chi connectivity index (χ1v) is 10.5. The summed E-state index contributed by atoms with van der Waals surface area (Å²) in [7, 11) is 3.08. The number of ether oxygens (including phenoxy) is 2. The SMILES string of the molecule is COc1cc(OC)c(NC(=O)[C@H]2CCCN(c3nc4cccnc4s3)C2)cc1Cl. The third kappa shape index (κ3) is 4.09. The second kappa shape index (κ2) is 8.42. The van der Waals surface area contributed by atoms with Gasteiger partial charge in [-0.15, -0.1) is 0 Å². The second-order valence-electron chi connectivity index (χ2n) is 6.79. The summed E-state index contributed by atoms with van der Waals surface area (Å²) < 4.78 is 10.6. The van der Waals surface area contributed by atoms with E-state index < -0.39 is 0 Å². The van der Waals surface area contributed by atoms with Crippen LogP contribution in [-0.2, 0) is 4.79 Å². The molecule has 1 aliphatic rings. The number of methoxy groups -OCH3 is 2. The van der Waals surface area contributed by atoms with Crippen molar-refractivity contribution in [2.75, 3.05) is 37.5 Å². The van der Waals surface area contributed by atoms with E-state index in [0.717, 1.165) is 34.9 Å². The predicted molar refractivity (Wildman–Crippen MR) is 116 cm³/mol. The Morgan fingerprint density at radius 2 is 2.14 bits per heavy atom. The molecule has 1 aliphatic heterocycles. The maximum absolute atomic E-state index is 13.0. The van der Waals surface area contributed by atoms with Crippen LogP contribution in [0.1, 0.15) is 12.8 Å². The molecule has 1 fully saturated rings. The molecule has 1 atom stereocenters. The number of nitrogens with one attached hydrogen (secondary N) is 1. The molecule has 29 heavy (non-hydrogen) atoms. The van der Waals surface area contributed by atoms with Crippen LogP contribution in [0.3, 0.4) is 0 Å². The Labute approximate surface area is 177 Å². The van der Waals surface area contributed by atoms with Gasteiger partial charge in [0, 0.05) is 25.4 Å². The van der Waals surface area contributed by atoms with Gasteiger partial charge in [-0.2, -0.15) is 0 Å². The number of benzene rings is 1. The summed E-state index contributed by atoms with van der Waals surface area (Å²) in [5.74, 6) is 0.780. The number of carbonyl (C=O) groups is 1. The van der Waals surface area contributed by atoms with E-state index >= 15 is 0 Å². The summed E-state index contributed by atoms with van der Waals surface area (Å²) in [6.45, 7) is 1.49. The molecule has 0 radical (unpaired) electrons. The van der Waals surface area contributed by atoms with Crippen molar-refractivity contribution in [1.29, 1.82) is 0 Å². The lowest BCUT2D eigenvalue weighted by atomic mass is 9.97. The van der Waals surface area contributed by atoms with Crippen molar-refractivity contribution in [2.24, 2.45) is 5.92 Å². The normalized spacial score (nSPS) is 16.7. The van der Waals surface area contributed by atoms with E-state index in [9.17, 15) is 4.79 Å². The van der Waals surface area contributed by atoms with Gasteiger partial charge in [0.05, 0.1) is 30.8 Å². The molecule has 3 aromatic rings. The average molecular weight is 433 g/mol. The maximum Gasteiger partial charge on any atom is 0.229 e. The van der Waals surface area contributed by atoms with E-state index in [-0.39, 0.29) is 11.8 Å². The number of amides is 1. The van der Waals surface area contributed by atoms with Crippen molar-refractivity contribution in [2.45, 2.75) is 12.8 Å². The van der Waals surface area contributed by atoms with Crippen LogP contribution in [0.5, 0.6) is 11.5 Å². The summed E-state index contributed by atoms with van der Waals surface area (Å²) in [5.41, 5.74) is 1.42. The minimum atomic E-state index is -0.158. The van der Waals surface area contributed by atoms with Gasteiger partial charge < -0.3 is 19.7 Å². The van der Waals surface area contributed by atoms with Gasteiger partial charge in [0.1, 0.15) is 21.8 Å². The molecule has 4 rings (SSSR count). The van der Waals surface area contributed by atoms with E-state index in [2.05, 4.69) is 20.2 Å². The van der Waals surface area contributed by atoms with Crippen LogP contribution in [0.15, 0.2) is 30.5 Å². The molecule has 3 heterocycles. The molecule has 1 amide bonds. The second-order valence-corrected chi connectivity index (χ2v) is 8.15. The Bertz CT molecular complexity index is 1010. The fourth-order valence-corrected chi connectivity index (χ4v) is 4.64. The fraction of sp³-hybridized carbons (Fsp3) is 0.350. The first-order valence-electron chi connectivity index (χ1n) is 9.28. The quantitative estimate of drug-likeness (QED) is 0.650. The molecule has 0 spiro atoms. The minimum absolute atomic E-state index is 0.0616. The molecule has 0 saturated carbocycles. The molecule has 7 nitrogen and oxygen atoms in total. The number of hydrogen-bond acceptors (Lipinski definition) is 7. The van der Waals surface area contributed by atoms with Crippen LogP contribution in [0.25, 0.3) is 10.3 Å². The Hall–Kier alpha value is -2.58. The third-order valence-corrected chi connectivity index (χ3v) is 6.28. The first-order chi connectivity index (χ1) is 14.1. The topological polar surface area (TPSA) is 76.6 Å². The number of carbonyl (C=O) groups excluding carboxylic acids is 1. The van der Waals surface area contributed by atoms with Gasteiger partial charge in [-0.25, -0.2) is 9.97 Å². The highest BCUT2D eigenvalue weighted by Gasteiger charge is 2.28. The predicted octanol–water partition coefficient (Wildman–Crippen LogP) is 4.22. The molecule has 1 saturated heterocycles. The summed E-state index contributed by atoms with van der Waals surface area (Å²) in [5, 5.41) is 4.28. The molecule has 2 aromatic heterocycles. The number of pyridine rings is 1. The number of anilines is 2. The Kier molecular flexibility index (Phi) is 5.73. The minimum Gasteiger partial charge on any atom is -0.495 e. The van der Waals surface area contributed by atoms with Crippen molar-refractivity contribution in [3.05, 3.63) is 35.5 Å². The van der Waals surface area contributed by atoms with Gasteiger partial charge in [-0.1, -0.05) is 22.9 Å². The molecular weight excluding hydrogens is 412 g/mol. The first kappa shape index (κ1) is 19.7. The van der Waals surface area contributed by atoms with E-state index in [1.807, 2.05) is 12.1 Å². The van der Waals surface area contributed by atoms with E-state index in [4.69, 9.17) is 21.1 Å². The van der Waals surface area contributed by atoms with Crippen LogP contribution in [0.2, 0.25) is 5.02 Å². The van der Waals surface area contributed by atoms with Gasteiger partial charge in [0.2, 0.25) is 5.91 Å². The van der Waals surface area contributed by atoms with Crippen molar-refractivity contribution in [1.82, 2.24) is 9.97 Å². The van der Waals surface area contributed by atoms with E-state index in [1.54, 1.807) is 36.8 Å². The lowest BCUT2D eigenvalue weighted by Crippen LogP contribution is -2.40. The number of hydrogen-bond donors (Lipinski definition) is 1. The molecule has 0 unspecified atom stereocenters. The van der Waals surface area contributed by atoms with Crippen LogP contribution >= 0.6 is 22.9 Å². The number of rotatable bonds is 5. The highest BCUT2D eigenvalue weighted by molar-refractivity contribution is 7.21. The third-order valence-electron chi connectivity index (χ3n) is 4.95. The van der Waals surface area contributed by atoms with Gasteiger partial charge in [0.15, 0.2) is 5.13 Å². The van der Waals surface area contributed by atoms with Crippen LogP contribution in [-0.4, -0.2) is 43.2 Å². The maximum atomic E-state index is 13.0. The molecule has 152 valence electrons. The lowest BCUT2D eigenvalue weighted by molar-refractivity contribution is -0.120.